The Balaban J connectivity index is 1.68. The van der Waals surface area contributed by atoms with Gasteiger partial charge in [0, 0.05) is 20.5 Å². The summed E-state index contributed by atoms with van der Waals surface area (Å²) in [7, 11) is 0. The van der Waals surface area contributed by atoms with Gasteiger partial charge in [0.25, 0.3) is 5.91 Å². The number of halogens is 1. The number of amides is 1. The van der Waals surface area contributed by atoms with Gasteiger partial charge in [0.1, 0.15) is 11.6 Å². The van der Waals surface area contributed by atoms with E-state index >= 15 is 0 Å². The standard InChI is InChI=1S/C24H19ClN2OS/c1-2-17-3-9-21(10-4-17)27-24(28)19(16-26)15-18-5-11-22(12-6-18)29-23-13-7-20(25)8-14-23/h3-15H,2H2,1H3,(H,27,28)/b19-15-. The molecular weight excluding hydrogens is 400 g/mol. The van der Waals surface area contributed by atoms with Crippen molar-refractivity contribution in [2.75, 3.05) is 5.32 Å². The molecule has 0 unspecified atom stereocenters. The van der Waals surface area contributed by atoms with Crippen molar-refractivity contribution in [3.63, 3.8) is 0 Å². The van der Waals surface area contributed by atoms with Crippen molar-refractivity contribution in [1.82, 2.24) is 0 Å². The maximum absolute atomic E-state index is 12.4. The molecule has 3 nitrogen and oxygen atoms in total. The summed E-state index contributed by atoms with van der Waals surface area (Å²) in [5.41, 5.74) is 2.71. The van der Waals surface area contributed by atoms with E-state index in [1.165, 1.54) is 5.56 Å². The molecule has 0 aromatic heterocycles. The number of nitrogens with one attached hydrogen (secondary N) is 1. The lowest BCUT2D eigenvalue weighted by molar-refractivity contribution is -0.112. The fourth-order valence-corrected chi connectivity index (χ4v) is 3.55. The molecule has 0 atom stereocenters. The second kappa shape index (κ2) is 9.97. The molecular formula is C24H19ClN2OS. The molecule has 5 heteroatoms. The molecule has 0 spiro atoms. The molecule has 3 aromatic carbocycles. The zero-order valence-corrected chi connectivity index (χ0v) is 17.4. The van der Waals surface area contributed by atoms with Gasteiger partial charge in [-0.1, -0.05) is 54.6 Å². The quantitative estimate of drug-likeness (QED) is 0.362. The van der Waals surface area contributed by atoms with Crippen LogP contribution in [0.25, 0.3) is 6.08 Å². The van der Waals surface area contributed by atoms with Gasteiger partial charge in [-0.3, -0.25) is 4.79 Å². The summed E-state index contributed by atoms with van der Waals surface area (Å²) in [6, 6.07) is 24.9. The van der Waals surface area contributed by atoms with E-state index in [-0.39, 0.29) is 5.57 Å². The van der Waals surface area contributed by atoms with Gasteiger partial charge in [0.15, 0.2) is 0 Å². The summed E-state index contributed by atoms with van der Waals surface area (Å²) in [6.45, 7) is 2.07. The van der Waals surface area contributed by atoms with E-state index in [4.69, 9.17) is 11.6 Å². The highest BCUT2D eigenvalue weighted by Crippen LogP contribution is 2.29. The molecule has 1 N–H and O–H groups in total. The Morgan fingerprint density at radius 2 is 1.59 bits per heavy atom. The molecule has 1 amide bonds. The van der Waals surface area contributed by atoms with Gasteiger partial charge in [0.2, 0.25) is 0 Å². The van der Waals surface area contributed by atoms with Crippen LogP contribution < -0.4 is 5.32 Å². The van der Waals surface area contributed by atoms with Crippen molar-refractivity contribution in [2.45, 2.75) is 23.1 Å². The normalized spacial score (nSPS) is 11.0. The van der Waals surface area contributed by atoms with Crippen molar-refractivity contribution in [3.8, 4) is 6.07 Å². The van der Waals surface area contributed by atoms with Crippen molar-refractivity contribution in [1.29, 1.82) is 5.26 Å². The summed E-state index contributed by atoms with van der Waals surface area (Å²) < 4.78 is 0. The predicted octanol–water partition coefficient (Wildman–Crippen LogP) is 6.60. The SMILES string of the molecule is CCc1ccc(NC(=O)/C(C#N)=C\c2ccc(Sc3ccc(Cl)cc3)cc2)cc1. The van der Waals surface area contributed by atoms with Crippen LogP contribution in [0.5, 0.6) is 0 Å². The summed E-state index contributed by atoms with van der Waals surface area (Å²) in [6.07, 6.45) is 2.52. The van der Waals surface area contributed by atoms with Gasteiger partial charge in [-0.25, -0.2) is 0 Å². The van der Waals surface area contributed by atoms with E-state index in [2.05, 4.69) is 12.2 Å². The maximum atomic E-state index is 12.4. The zero-order valence-electron chi connectivity index (χ0n) is 15.9. The molecule has 0 bridgehead atoms. The van der Waals surface area contributed by atoms with Crippen LogP contribution in [0.2, 0.25) is 5.02 Å². The third-order valence-electron chi connectivity index (χ3n) is 4.23. The number of anilines is 1. The van der Waals surface area contributed by atoms with Crippen LogP contribution in [0.15, 0.2) is 88.2 Å². The third kappa shape index (κ3) is 5.99. The fraction of sp³-hybridized carbons (Fsp3) is 0.0833. The molecule has 144 valence electrons. The second-order valence-corrected chi connectivity index (χ2v) is 7.88. The monoisotopic (exact) mass is 418 g/mol. The number of carbonyl (C=O) groups is 1. The van der Waals surface area contributed by atoms with Crippen LogP contribution >= 0.6 is 23.4 Å². The Kier molecular flexibility index (Phi) is 7.13. The van der Waals surface area contributed by atoms with Crippen LogP contribution in [-0.2, 0) is 11.2 Å². The molecule has 0 saturated carbocycles. The first-order valence-electron chi connectivity index (χ1n) is 9.13. The largest absolute Gasteiger partial charge is 0.321 e. The summed E-state index contributed by atoms with van der Waals surface area (Å²) in [4.78, 5) is 14.6. The Bertz CT molecular complexity index is 1050. The fourth-order valence-electron chi connectivity index (χ4n) is 2.61. The molecule has 0 saturated heterocycles. The summed E-state index contributed by atoms with van der Waals surface area (Å²) >= 11 is 7.53. The number of hydrogen-bond acceptors (Lipinski definition) is 3. The van der Waals surface area contributed by atoms with Crippen molar-refractivity contribution in [3.05, 3.63) is 94.5 Å². The second-order valence-electron chi connectivity index (χ2n) is 6.30. The Labute approximate surface area is 180 Å². The topological polar surface area (TPSA) is 52.9 Å². The lowest BCUT2D eigenvalue weighted by Crippen LogP contribution is -2.13. The van der Waals surface area contributed by atoms with Gasteiger partial charge in [-0.05, 0) is 72.2 Å². The number of aryl methyl sites for hydroxylation is 1. The Hall–Kier alpha value is -3.00. The van der Waals surface area contributed by atoms with E-state index in [1.54, 1.807) is 17.8 Å². The van der Waals surface area contributed by atoms with E-state index in [9.17, 15) is 10.1 Å². The first kappa shape index (κ1) is 20.7. The lowest BCUT2D eigenvalue weighted by Gasteiger charge is -2.06. The molecule has 0 aliphatic heterocycles. The minimum atomic E-state index is -0.420. The minimum absolute atomic E-state index is 0.0580. The van der Waals surface area contributed by atoms with E-state index < -0.39 is 5.91 Å². The highest BCUT2D eigenvalue weighted by atomic mass is 35.5. The molecule has 0 aliphatic carbocycles. The van der Waals surface area contributed by atoms with Crippen molar-refractivity contribution < 1.29 is 4.79 Å². The molecule has 3 aromatic rings. The number of carbonyl (C=O) groups excluding carboxylic acids is 1. The van der Waals surface area contributed by atoms with E-state index in [0.29, 0.717) is 10.7 Å². The van der Waals surface area contributed by atoms with Crippen molar-refractivity contribution >= 4 is 41.0 Å². The summed E-state index contributed by atoms with van der Waals surface area (Å²) in [5.74, 6) is -0.420. The highest BCUT2D eigenvalue weighted by Gasteiger charge is 2.09. The van der Waals surface area contributed by atoms with Gasteiger partial charge in [0.05, 0.1) is 0 Å². The minimum Gasteiger partial charge on any atom is -0.321 e. The van der Waals surface area contributed by atoms with Gasteiger partial charge >= 0.3 is 0 Å². The first-order valence-corrected chi connectivity index (χ1v) is 10.3. The first-order chi connectivity index (χ1) is 14.1. The predicted molar refractivity (Wildman–Crippen MR) is 120 cm³/mol. The van der Waals surface area contributed by atoms with Crippen LogP contribution in [-0.4, -0.2) is 5.91 Å². The van der Waals surface area contributed by atoms with Crippen LogP contribution in [0, 0.1) is 11.3 Å². The van der Waals surface area contributed by atoms with Gasteiger partial charge in [-0.15, -0.1) is 0 Å². The van der Waals surface area contributed by atoms with Gasteiger partial charge < -0.3 is 5.32 Å². The zero-order chi connectivity index (χ0) is 20.6. The number of nitrogens with zero attached hydrogens (tertiary/aromatic N) is 1. The molecule has 0 aliphatic rings. The van der Waals surface area contributed by atoms with Crippen LogP contribution in [0.3, 0.4) is 0 Å². The molecule has 29 heavy (non-hydrogen) atoms. The Morgan fingerprint density at radius 3 is 2.14 bits per heavy atom. The molecule has 0 fully saturated rings. The van der Waals surface area contributed by atoms with Crippen LogP contribution in [0.4, 0.5) is 5.69 Å². The highest BCUT2D eigenvalue weighted by molar-refractivity contribution is 7.99. The summed E-state index contributed by atoms with van der Waals surface area (Å²) in [5, 5.41) is 12.9. The lowest BCUT2D eigenvalue weighted by atomic mass is 10.1. The van der Waals surface area contributed by atoms with Gasteiger partial charge in [-0.2, -0.15) is 5.26 Å². The smallest absolute Gasteiger partial charge is 0.266 e. The Morgan fingerprint density at radius 1 is 1.00 bits per heavy atom. The van der Waals surface area contributed by atoms with Crippen molar-refractivity contribution in [2.24, 2.45) is 0 Å². The molecule has 3 rings (SSSR count). The number of nitriles is 1. The number of hydrogen-bond donors (Lipinski definition) is 1. The average Bonchev–Trinajstić information content (AvgIpc) is 2.75. The maximum Gasteiger partial charge on any atom is 0.266 e. The van der Waals surface area contributed by atoms with E-state index in [0.717, 1.165) is 21.8 Å². The van der Waals surface area contributed by atoms with Crippen LogP contribution in [0.1, 0.15) is 18.1 Å². The third-order valence-corrected chi connectivity index (χ3v) is 5.49. The molecule has 0 radical (unpaired) electrons. The average molecular weight is 419 g/mol. The number of benzene rings is 3. The molecule has 0 heterocycles. The number of rotatable bonds is 6. The van der Waals surface area contributed by atoms with E-state index in [1.807, 2.05) is 78.9 Å².